The van der Waals surface area contributed by atoms with E-state index in [-0.39, 0.29) is 12.1 Å². The summed E-state index contributed by atoms with van der Waals surface area (Å²) in [6, 6.07) is 7.83. The molecule has 94 valence electrons. The molecule has 0 saturated carbocycles. The van der Waals surface area contributed by atoms with Crippen LogP contribution in [0.1, 0.15) is 37.3 Å². The molecule has 1 aromatic heterocycles. The Balaban J connectivity index is 2.05. The molecular weight excluding hydrogens is 226 g/mol. The fourth-order valence-corrected chi connectivity index (χ4v) is 1.64. The molecule has 4 nitrogen and oxygen atoms in total. The van der Waals surface area contributed by atoms with Crippen molar-refractivity contribution in [3.8, 4) is 5.75 Å². The molecule has 0 saturated heterocycles. The second-order valence-corrected chi connectivity index (χ2v) is 4.25. The maximum Gasteiger partial charge on any atom is 0.139 e. The van der Waals surface area contributed by atoms with Crippen LogP contribution in [-0.4, -0.2) is 9.97 Å². The van der Waals surface area contributed by atoms with Gasteiger partial charge < -0.3 is 10.5 Å². The molecule has 18 heavy (non-hydrogen) atoms. The number of benzene rings is 1. The van der Waals surface area contributed by atoms with Gasteiger partial charge in [0.2, 0.25) is 0 Å². The first-order valence-corrected chi connectivity index (χ1v) is 5.95. The minimum atomic E-state index is -0.125. The number of nitrogens with two attached hydrogens (primary N) is 1. The molecule has 2 atom stereocenters. The third-order valence-corrected chi connectivity index (χ3v) is 2.72. The summed E-state index contributed by atoms with van der Waals surface area (Å²) >= 11 is 0. The molecule has 0 amide bonds. The molecule has 0 spiro atoms. The number of ether oxygens (including phenoxy) is 1. The standard InChI is InChI=1S/C14H17N3O/c1-10(15)12-3-5-13(6-4-12)18-11(2)14-9-16-7-8-17-14/h3-11H,15H2,1-2H3. The number of rotatable bonds is 4. The minimum Gasteiger partial charge on any atom is -0.484 e. The Morgan fingerprint density at radius 3 is 2.39 bits per heavy atom. The van der Waals surface area contributed by atoms with Gasteiger partial charge in [-0.1, -0.05) is 12.1 Å². The van der Waals surface area contributed by atoms with Gasteiger partial charge in [-0.05, 0) is 31.5 Å². The van der Waals surface area contributed by atoms with E-state index in [9.17, 15) is 0 Å². The predicted octanol–water partition coefficient (Wildman–Crippen LogP) is 2.64. The van der Waals surface area contributed by atoms with Gasteiger partial charge in [0.1, 0.15) is 11.9 Å². The molecule has 2 unspecified atom stereocenters. The second-order valence-electron chi connectivity index (χ2n) is 4.25. The Morgan fingerprint density at radius 2 is 1.83 bits per heavy atom. The zero-order valence-corrected chi connectivity index (χ0v) is 10.6. The summed E-state index contributed by atoms with van der Waals surface area (Å²) in [5, 5.41) is 0. The Hall–Kier alpha value is -1.94. The Bertz CT molecular complexity index is 482. The molecule has 0 radical (unpaired) electrons. The molecular formula is C14H17N3O. The molecule has 0 bridgehead atoms. The maximum absolute atomic E-state index is 5.80. The van der Waals surface area contributed by atoms with E-state index in [2.05, 4.69) is 9.97 Å². The average molecular weight is 243 g/mol. The van der Waals surface area contributed by atoms with Gasteiger partial charge in [-0.25, -0.2) is 0 Å². The van der Waals surface area contributed by atoms with Gasteiger partial charge in [0.15, 0.2) is 0 Å². The van der Waals surface area contributed by atoms with E-state index in [1.54, 1.807) is 18.6 Å². The van der Waals surface area contributed by atoms with E-state index in [0.717, 1.165) is 17.0 Å². The van der Waals surface area contributed by atoms with Gasteiger partial charge in [0.05, 0.1) is 11.9 Å². The largest absolute Gasteiger partial charge is 0.484 e. The van der Waals surface area contributed by atoms with Crippen LogP contribution in [0.15, 0.2) is 42.9 Å². The quantitative estimate of drug-likeness (QED) is 0.896. The maximum atomic E-state index is 5.80. The number of hydrogen-bond acceptors (Lipinski definition) is 4. The number of aromatic nitrogens is 2. The van der Waals surface area contributed by atoms with Gasteiger partial charge >= 0.3 is 0 Å². The van der Waals surface area contributed by atoms with E-state index < -0.39 is 0 Å². The van der Waals surface area contributed by atoms with Crippen molar-refractivity contribution in [2.24, 2.45) is 5.73 Å². The third-order valence-electron chi connectivity index (χ3n) is 2.72. The first-order valence-electron chi connectivity index (χ1n) is 5.95. The highest BCUT2D eigenvalue weighted by molar-refractivity contribution is 5.29. The first-order chi connectivity index (χ1) is 8.66. The lowest BCUT2D eigenvalue weighted by Crippen LogP contribution is -2.07. The van der Waals surface area contributed by atoms with Crippen molar-refractivity contribution in [3.63, 3.8) is 0 Å². The van der Waals surface area contributed by atoms with E-state index >= 15 is 0 Å². The summed E-state index contributed by atoms with van der Waals surface area (Å²) in [5.41, 5.74) is 7.70. The van der Waals surface area contributed by atoms with E-state index in [4.69, 9.17) is 10.5 Å². The SMILES string of the molecule is CC(N)c1ccc(OC(C)c2cnccn2)cc1. The van der Waals surface area contributed by atoms with Crippen molar-refractivity contribution < 1.29 is 4.74 Å². The Labute approximate surface area is 107 Å². The summed E-state index contributed by atoms with van der Waals surface area (Å²) in [7, 11) is 0. The average Bonchev–Trinajstić information content (AvgIpc) is 2.40. The van der Waals surface area contributed by atoms with E-state index in [0.29, 0.717) is 0 Å². The molecule has 1 aromatic carbocycles. The second kappa shape index (κ2) is 5.60. The highest BCUT2D eigenvalue weighted by Crippen LogP contribution is 2.21. The van der Waals surface area contributed by atoms with Crippen LogP contribution in [0.4, 0.5) is 0 Å². The fourth-order valence-electron chi connectivity index (χ4n) is 1.64. The van der Waals surface area contributed by atoms with Crippen LogP contribution in [0.2, 0.25) is 0 Å². The van der Waals surface area contributed by atoms with Crippen LogP contribution in [0, 0.1) is 0 Å². The van der Waals surface area contributed by atoms with Gasteiger partial charge in [0.25, 0.3) is 0 Å². The summed E-state index contributed by atoms with van der Waals surface area (Å²) in [4.78, 5) is 8.24. The molecule has 1 heterocycles. The molecule has 0 aliphatic carbocycles. The monoisotopic (exact) mass is 243 g/mol. The third kappa shape index (κ3) is 3.05. The molecule has 2 rings (SSSR count). The van der Waals surface area contributed by atoms with E-state index in [1.807, 2.05) is 38.1 Å². The van der Waals surface area contributed by atoms with Gasteiger partial charge in [-0.15, -0.1) is 0 Å². The van der Waals surface area contributed by atoms with Crippen LogP contribution >= 0.6 is 0 Å². The zero-order chi connectivity index (χ0) is 13.0. The van der Waals surface area contributed by atoms with Crippen molar-refractivity contribution in [1.82, 2.24) is 9.97 Å². The zero-order valence-electron chi connectivity index (χ0n) is 10.6. The van der Waals surface area contributed by atoms with Crippen LogP contribution in [-0.2, 0) is 0 Å². The fraction of sp³-hybridized carbons (Fsp3) is 0.286. The number of nitrogens with zero attached hydrogens (tertiary/aromatic N) is 2. The van der Waals surface area contributed by atoms with Gasteiger partial charge in [0, 0.05) is 18.4 Å². The molecule has 0 aliphatic rings. The summed E-state index contributed by atoms with van der Waals surface area (Å²) in [6.07, 6.45) is 4.89. The van der Waals surface area contributed by atoms with Crippen molar-refractivity contribution in [1.29, 1.82) is 0 Å². The highest BCUT2D eigenvalue weighted by Gasteiger charge is 2.08. The lowest BCUT2D eigenvalue weighted by atomic mass is 10.1. The van der Waals surface area contributed by atoms with Crippen LogP contribution < -0.4 is 10.5 Å². The molecule has 4 heteroatoms. The molecule has 2 aromatic rings. The molecule has 0 fully saturated rings. The van der Waals surface area contributed by atoms with Crippen LogP contribution in [0.5, 0.6) is 5.75 Å². The first kappa shape index (κ1) is 12.5. The van der Waals surface area contributed by atoms with Crippen molar-refractivity contribution >= 4 is 0 Å². The normalized spacial score (nSPS) is 13.9. The highest BCUT2D eigenvalue weighted by atomic mass is 16.5. The Morgan fingerprint density at radius 1 is 1.11 bits per heavy atom. The topological polar surface area (TPSA) is 61.0 Å². The summed E-state index contributed by atoms with van der Waals surface area (Å²) in [5.74, 6) is 0.803. The van der Waals surface area contributed by atoms with Crippen LogP contribution in [0.3, 0.4) is 0 Å². The molecule has 0 aliphatic heterocycles. The van der Waals surface area contributed by atoms with Gasteiger partial charge in [-0.3, -0.25) is 9.97 Å². The van der Waals surface area contributed by atoms with Gasteiger partial charge in [-0.2, -0.15) is 0 Å². The Kier molecular flexibility index (Phi) is 3.89. The van der Waals surface area contributed by atoms with Crippen molar-refractivity contribution in [3.05, 3.63) is 54.1 Å². The number of hydrogen-bond donors (Lipinski definition) is 1. The van der Waals surface area contributed by atoms with Crippen molar-refractivity contribution in [2.45, 2.75) is 26.0 Å². The van der Waals surface area contributed by atoms with Crippen molar-refractivity contribution in [2.75, 3.05) is 0 Å². The van der Waals surface area contributed by atoms with Crippen LogP contribution in [0.25, 0.3) is 0 Å². The lowest BCUT2D eigenvalue weighted by molar-refractivity contribution is 0.221. The smallest absolute Gasteiger partial charge is 0.139 e. The lowest BCUT2D eigenvalue weighted by Gasteiger charge is -2.14. The van der Waals surface area contributed by atoms with E-state index in [1.165, 1.54) is 0 Å². The predicted molar refractivity (Wildman–Crippen MR) is 70.1 cm³/mol. The summed E-state index contributed by atoms with van der Waals surface area (Å²) in [6.45, 7) is 3.90. The summed E-state index contributed by atoms with van der Waals surface area (Å²) < 4.78 is 5.79. The molecule has 2 N–H and O–H groups in total. The minimum absolute atomic E-state index is 0.0384.